The zero-order valence-electron chi connectivity index (χ0n) is 35.2. The predicted octanol–water partition coefficient (Wildman–Crippen LogP) is 9.28. The molecule has 0 unspecified atom stereocenters. The maximum atomic E-state index is 13.3. The molecule has 63 heavy (non-hydrogen) atoms. The topological polar surface area (TPSA) is 126 Å². The van der Waals surface area contributed by atoms with E-state index in [1.807, 2.05) is 96.7 Å². The van der Waals surface area contributed by atoms with E-state index in [2.05, 4.69) is 27.1 Å². The largest absolute Gasteiger partial charge is 0.342 e. The molecule has 0 bridgehead atoms. The SMILES string of the molecule is Cl.[C-]#[N+]c1ccc(/C=C2/C(=O)/C(=C/c3ccc(C#N)cc3)C23CCN(C(=O)CN(C)C)CC3)cc1.[C-]#[N+]c1ccc(/C=C2/C(=O)/C(=C/c3ccc(C#N)cc3)C23CCNCC3)cc1. The molecule has 4 aliphatic rings. The summed E-state index contributed by atoms with van der Waals surface area (Å²) in [7, 11) is 3.76. The fraction of sp³-hybridized carbons (Fsp3) is 0.250. The van der Waals surface area contributed by atoms with Crippen LogP contribution in [-0.4, -0.2) is 74.1 Å². The van der Waals surface area contributed by atoms with Crippen molar-refractivity contribution in [2.24, 2.45) is 10.8 Å². The van der Waals surface area contributed by atoms with Gasteiger partial charge in [0.2, 0.25) is 5.91 Å². The number of hydrogen-bond donors (Lipinski definition) is 1. The summed E-state index contributed by atoms with van der Waals surface area (Å²) in [5, 5.41) is 21.4. The number of carbonyl (C=O) groups excluding carboxylic acids is 3. The number of nitrogens with zero attached hydrogens (tertiary/aromatic N) is 6. The van der Waals surface area contributed by atoms with E-state index in [1.54, 1.807) is 48.5 Å². The number of allylic oxidation sites excluding steroid dienone is 4. The van der Waals surface area contributed by atoms with Gasteiger partial charge in [0.25, 0.3) is 0 Å². The first-order chi connectivity index (χ1) is 30.0. The van der Waals surface area contributed by atoms with Crippen LogP contribution < -0.4 is 5.32 Å². The van der Waals surface area contributed by atoms with Gasteiger partial charge in [0.15, 0.2) is 22.9 Å². The molecule has 11 heteroatoms. The summed E-state index contributed by atoms with van der Waals surface area (Å²) in [5.74, 6) is 0.218. The minimum absolute atomic E-state index is 0. The van der Waals surface area contributed by atoms with Crippen LogP contribution in [0.25, 0.3) is 34.0 Å². The van der Waals surface area contributed by atoms with Gasteiger partial charge in [-0.1, -0.05) is 72.8 Å². The van der Waals surface area contributed by atoms with Crippen molar-refractivity contribution in [1.29, 1.82) is 10.5 Å². The highest BCUT2D eigenvalue weighted by atomic mass is 35.5. The van der Waals surface area contributed by atoms with Gasteiger partial charge in [-0.2, -0.15) is 10.5 Å². The zero-order chi connectivity index (χ0) is 43.9. The van der Waals surface area contributed by atoms with Crippen molar-refractivity contribution in [3.63, 3.8) is 0 Å². The lowest BCUT2D eigenvalue weighted by molar-refractivity contribution is -0.134. The fourth-order valence-corrected chi connectivity index (χ4v) is 8.84. The van der Waals surface area contributed by atoms with Crippen LogP contribution >= 0.6 is 12.4 Å². The zero-order valence-corrected chi connectivity index (χ0v) is 36.0. The van der Waals surface area contributed by atoms with E-state index >= 15 is 0 Å². The maximum absolute atomic E-state index is 13.3. The van der Waals surface area contributed by atoms with Crippen LogP contribution in [0, 0.1) is 46.6 Å². The first-order valence-corrected chi connectivity index (χ1v) is 20.6. The molecular formula is C52H46ClN7O3. The lowest BCUT2D eigenvalue weighted by Crippen LogP contribution is -2.53. The monoisotopic (exact) mass is 851 g/mol. The smallest absolute Gasteiger partial charge is 0.236 e. The second-order valence-electron chi connectivity index (χ2n) is 16.3. The van der Waals surface area contributed by atoms with Gasteiger partial charge in [-0.25, -0.2) is 9.69 Å². The van der Waals surface area contributed by atoms with E-state index in [1.165, 1.54) is 0 Å². The number of benzene rings is 4. The van der Waals surface area contributed by atoms with Crippen molar-refractivity contribution in [1.82, 2.24) is 15.1 Å². The van der Waals surface area contributed by atoms with Crippen LogP contribution in [0.15, 0.2) is 119 Å². The molecule has 2 heterocycles. The maximum Gasteiger partial charge on any atom is 0.236 e. The molecule has 2 aliphatic heterocycles. The standard InChI is InChI=1S/C28H26N4O2.C24H19N3O.ClH/c1-30-23-10-8-21(9-11-23)17-25-27(34)24(16-20-4-6-22(18-29)7-5-20)28(25)12-14-32(15-13-28)26(33)19-31(2)3;1-26-20-8-6-18(7-9-20)15-22-23(28)21(24(22)10-12-27-13-11-24)14-17-2-4-19(16-25)5-3-17;/h4-11,16-17H,12-15,19H2,2-3H3;2-9,14-15,27H,10-13H2;1H/b24-16-,25-17-;21-14-,22-15-;. The summed E-state index contributed by atoms with van der Waals surface area (Å²) in [5.41, 5.74) is 8.66. The third-order valence-corrected chi connectivity index (χ3v) is 12.3. The Hall–Kier alpha value is -7.18. The van der Waals surface area contributed by atoms with Crippen LogP contribution in [0.4, 0.5) is 11.4 Å². The van der Waals surface area contributed by atoms with Gasteiger partial charge in [0.05, 0.1) is 43.0 Å². The number of amides is 1. The summed E-state index contributed by atoms with van der Waals surface area (Å²) in [6.07, 6.45) is 11.0. The Morgan fingerprint density at radius 1 is 0.635 bits per heavy atom. The number of carbonyl (C=O) groups is 3. The second kappa shape index (κ2) is 19.7. The molecule has 4 fully saturated rings. The molecule has 1 amide bonds. The summed E-state index contributed by atoms with van der Waals surface area (Å²) in [4.78, 5) is 49.6. The van der Waals surface area contributed by atoms with Crippen molar-refractivity contribution in [3.8, 4) is 12.1 Å². The Kier molecular flexibility index (Phi) is 14.2. The summed E-state index contributed by atoms with van der Waals surface area (Å²) in [6.45, 7) is 17.5. The molecule has 2 saturated heterocycles. The van der Waals surface area contributed by atoms with Crippen molar-refractivity contribution in [3.05, 3.63) is 176 Å². The third-order valence-electron chi connectivity index (χ3n) is 12.3. The van der Waals surface area contributed by atoms with Gasteiger partial charge < -0.3 is 15.1 Å². The number of halogens is 1. The molecule has 2 saturated carbocycles. The van der Waals surface area contributed by atoms with Crippen LogP contribution in [0.2, 0.25) is 0 Å². The number of Topliss-reactive ketones (excluding diaryl/α,β-unsaturated/α-hetero) is 2. The van der Waals surface area contributed by atoms with Gasteiger partial charge in [0.1, 0.15) is 0 Å². The molecule has 0 atom stereocenters. The number of piperidine rings is 2. The lowest BCUT2D eigenvalue weighted by atomic mass is 9.54. The highest BCUT2D eigenvalue weighted by Crippen LogP contribution is 2.57. The Balaban J connectivity index is 0.000000210. The number of ketones is 2. The van der Waals surface area contributed by atoms with Crippen LogP contribution in [-0.2, 0) is 14.4 Å². The Bertz CT molecular complexity index is 2530. The van der Waals surface area contributed by atoms with Gasteiger partial charge in [-0.3, -0.25) is 14.4 Å². The van der Waals surface area contributed by atoms with Crippen molar-refractivity contribution >= 4 is 65.6 Å². The summed E-state index contributed by atoms with van der Waals surface area (Å²) in [6, 6.07) is 33.4. The number of rotatable bonds is 6. The summed E-state index contributed by atoms with van der Waals surface area (Å²) < 4.78 is 0. The molecule has 4 aromatic rings. The van der Waals surface area contributed by atoms with Crippen molar-refractivity contribution < 1.29 is 14.4 Å². The van der Waals surface area contributed by atoms with Crippen molar-refractivity contribution in [2.45, 2.75) is 25.7 Å². The Labute approximate surface area is 375 Å². The van der Waals surface area contributed by atoms with Crippen LogP contribution in [0.3, 0.4) is 0 Å². The molecule has 2 spiro atoms. The fourth-order valence-electron chi connectivity index (χ4n) is 8.84. The van der Waals surface area contributed by atoms with Crippen LogP contribution in [0.5, 0.6) is 0 Å². The highest BCUT2D eigenvalue weighted by molar-refractivity contribution is 6.24. The average Bonchev–Trinajstić information content (AvgIpc) is 3.32. The highest BCUT2D eigenvalue weighted by Gasteiger charge is 2.55. The molecule has 4 aromatic carbocycles. The molecule has 1 N–H and O–H groups in total. The van der Waals surface area contributed by atoms with E-state index in [4.69, 9.17) is 23.7 Å². The first-order valence-electron chi connectivity index (χ1n) is 20.6. The van der Waals surface area contributed by atoms with E-state index in [9.17, 15) is 14.4 Å². The summed E-state index contributed by atoms with van der Waals surface area (Å²) >= 11 is 0. The van der Waals surface area contributed by atoms with E-state index in [-0.39, 0.29) is 35.3 Å². The first kappa shape index (κ1) is 45.3. The van der Waals surface area contributed by atoms with Gasteiger partial charge in [-0.05, 0) is 124 Å². The molecule has 314 valence electrons. The quantitative estimate of drug-likeness (QED) is 0.151. The number of likely N-dealkylation sites (N-methyl/N-ethyl adjacent to an activating group) is 1. The molecule has 8 rings (SSSR count). The average molecular weight is 852 g/mol. The molecular weight excluding hydrogens is 806 g/mol. The van der Waals surface area contributed by atoms with Gasteiger partial charge in [-0.15, -0.1) is 12.4 Å². The number of nitriles is 2. The minimum atomic E-state index is -0.404. The normalized spacial score (nSPS) is 19.5. The number of hydrogen-bond acceptors (Lipinski definition) is 7. The predicted molar refractivity (Wildman–Crippen MR) is 248 cm³/mol. The second-order valence-corrected chi connectivity index (χ2v) is 16.3. The number of likely N-dealkylation sites (tertiary alicyclic amines) is 1. The Morgan fingerprint density at radius 3 is 1.29 bits per heavy atom. The van der Waals surface area contributed by atoms with Crippen molar-refractivity contribution in [2.75, 3.05) is 46.8 Å². The molecule has 0 radical (unpaired) electrons. The van der Waals surface area contributed by atoms with Gasteiger partial charge >= 0.3 is 0 Å². The number of nitrogens with one attached hydrogen (secondary N) is 1. The third kappa shape index (κ3) is 9.51. The van der Waals surface area contributed by atoms with Crippen LogP contribution in [0.1, 0.15) is 59.1 Å². The minimum Gasteiger partial charge on any atom is -0.342 e. The molecule has 2 aliphatic carbocycles. The van der Waals surface area contributed by atoms with Gasteiger partial charge in [0, 0.05) is 46.2 Å². The Morgan fingerprint density at radius 2 is 0.968 bits per heavy atom. The molecule has 10 nitrogen and oxygen atoms in total. The van der Waals surface area contributed by atoms with E-state index < -0.39 is 5.41 Å². The molecule has 0 aromatic heterocycles. The lowest BCUT2D eigenvalue weighted by Gasteiger charge is -2.51. The van der Waals surface area contributed by atoms with E-state index in [0.29, 0.717) is 55.0 Å². The van der Waals surface area contributed by atoms with E-state index in [0.717, 1.165) is 70.5 Å².